The van der Waals surface area contributed by atoms with Crippen molar-refractivity contribution in [3.05, 3.63) is 146 Å². The molecule has 1 unspecified atom stereocenters. The number of carbonyl (C=O) groups is 3. The molecule has 1 atom stereocenters. The molecule has 0 rings (SSSR count). The van der Waals surface area contributed by atoms with Gasteiger partial charge < -0.3 is 14.2 Å². The molecule has 0 spiro atoms. The van der Waals surface area contributed by atoms with Gasteiger partial charge in [0, 0.05) is 19.3 Å². The van der Waals surface area contributed by atoms with Crippen LogP contribution in [0.4, 0.5) is 0 Å². The van der Waals surface area contributed by atoms with Gasteiger partial charge in [0.1, 0.15) is 13.2 Å². The lowest BCUT2D eigenvalue weighted by Crippen LogP contribution is -2.30. The fraction of sp³-hybridized carbons (Fsp3) is 0.591. The van der Waals surface area contributed by atoms with E-state index in [4.69, 9.17) is 14.2 Å². The first-order valence-electron chi connectivity index (χ1n) is 28.8. The highest BCUT2D eigenvalue weighted by molar-refractivity contribution is 5.71. The van der Waals surface area contributed by atoms with Crippen molar-refractivity contribution in [1.29, 1.82) is 0 Å². The monoisotopic (exact) mass is 993 g/mol. The molecule has 0 saturated carbocycles. The second-order valence-electron chi connectivity index (χ2n) is 18.4. The molecule has 0 saturated heterocycles. The second kappa shape index (κ2) is 58.9. The van der Waals surface area contributed by atoms with E-state index in [1.165, 1.54) is 44.9 Å². The van der Waals surface area contributed by atoms with Gasteiger partial charge in [0.05, 0.1) is 0 Å². The number of unbranched alkanes of at least 4 members (excludes halogenated alkanes) is 15. The van der Waals surface area contributed by atoms with Crippen molar-refractivity contribution in [2.75, 3.05) is 13.2 Å². The Kier molecular flexibility index (Phi) is 55.0. The molecular formula is C66H104O6. The summed E-state index contributed by atoms with van der Waals surface area (Å²) >= 11 is 0. The maximum Gasteiger partial charge on any atom is 0.306 e. The first-order chi connectivity index (χ1) is 35.5. The van der Waals surface area contributed by atoms with Crippen LogP contribution in [0.25, 0.3) is 0 Å². The topological polar surface area (TPSA) is 78.9 Å². The summed E-state index contributed by atoms with van der Waals surface area (Å²) in [6.07, 6.45) is 84.1. The minimum atomic E-state index is -0.817. The van der Waals surface area contributed by atoms with Crippen LogP contribution in [0.15, 0.2) is 146 Å². The van der Waals surface area contributed by atoms with Crippen molar-refractivity contribution < 1.29 is 28.6 Å². The maximum absolute atomic E-state index is 12.8. The van der Waals surface area contributed by atoms with Gasteiger partial charge in [-0.2, -0.15) is 0 Å². The zero-order valence-corrected chi connectivity index (χ0v) is 46.1. The van der Waals surface area contributed by atoms with E-state index in [0.29, 0.717) is 19.3 Å². The summed E-state index contributed by atoms with van der Waals surface area (Å²) in [7, 11) is 0. The van der Waals surface area contributed by atoms with Gasteiger partial charge in [-0.05, 0) is 122 Å². The summed E-state index contributed by atoms with van der Waals surface area (Å²) in [6.45, 7) is 6.33. The van der Waals surface area contributed by atoms with E-state index in [1.807, 2.05) is 0 Å². The summed E-state index contributed by atoms with van der Waals surface area (Å²) < 4.78 is 16.8. The van der Waals surface area contributed by atoms with E-state index >= 15 is 0 Å². The van der Waals surface area contributed by atoms with Gasteiger partial charge >= 0.3 is 17.9 Å². The first kappa shape index (κ1) is 67.3. The van der Waals surface area contributed by atoms with Gasteiger partial charge in [0.25, 0.3) is 0 Å². The Balaban J connectivity index is 4.48. The van der Waals surface area contributed by atoms with Crippen LogP contribution in [0.1, 0.15) is 233 Å². The van der Waals surface area contributed by atoms with Crippen LogP contribution in [0.2, 0.25) is 0 Å². The minimum Gasteiger partial charge on any atom is -0.462 e. The van der Waals surface area contributed by atoms with Gasteiger partial charge in [0.2, 0.25) is 0 Å². The Morgan fingerprint density at radius 2 is 0.542 bits per heavy atom. The normalized spacial score (nSPS) is 13.2. The third-order valence-corrected chi connectivity index (χ3v) is 11.6. The van der Waals surface area contributed by atoms with Crippen LogP contribution in [-0.2, 0) is 28.6 Å². The molecule has 0 bridgehead atoms. The Hall–Kier alpha value is -4.71. The summed E-state index contributed by atoms with van der Waals surface area (Å²) in [5, 5.41) is 0. The first-order valence-corrected chi connectivity index (χ1v) is 28.8. The fourth-order valence-electron chi connectivity index (χ4n) is 7.33. The van der Waals surface area contributed by atoms with E-state index in [2.05, 4.69) is 167 Å². The van der Waals surface area contributed by atoms with Crippen molar-refractivity contribution in [2.45, 2.75) is 239 Å². The van der Waals surface area contributed by atoms with Crippen LogP contribution >= 0.6 is 0 Å². The summed E-state index contributed by atoms with van der Waals surface area (Å²) in [5.74, 6) is -0.986. The molecule has 0 N–H and O–H groups in total. The van der Waals surface area contributed by atoms with Gasteiger partial charge in [-0.15, -0.1) is 0 Å². The maximum atomic E-state index is 12.8. The number of ether oxygens (including phenoxy) is 3. The Labute approximate surface area is 442 Å². The molecule has 72 heavy (non-hydrogen) atoms. The zero-order chi connectivity index (χ0) is 52.2. The lowest BCUT2D eigenvalue weighted by Gasteiger charge is -2.18. The van der Waals surface area contributed by atoms with E-state index in [1.54, 1.807) is 0 Å². The molecule has 0 heterocycles. The summed E-state index contributed by atoms with van der Waals surface area (Å²) in [5.41, 5.74) is 0. The molecule has 0 aromatic carbocycles. The van der Waals surface area contributed by atoms with Crippen molar-refractivity contribution in [1.82, 2.24) is 0 Å². The minimum absolute atomic E-state index is 0.108. The fourth-order valence-corrected chi connectivity index (χ4v) is 7.33. The molecule has 0 aromatic rings. The van der Waals surface area contributed by atoms with Crippen LogP contribution in [0.5, 0.6) is 0 Å². The molecule has 0 fully saturated rings. The molecule has 0 radical (unpaired) electrons. The Bertz CT molecular complexity index is 1610. The second-order valence-corrected chi connectivity index (χ2v) is 18.4. The molecule has 0 aromatic heterocycles. The number of hydrogen-bond donors (Lipinski definition) is 0. The van der Waals surface area contributed by atoms with E-state index in [9.17, 15) is 14.4 Å². The third kappa shape index (κ3) is 56.2. The average Bonchev–Trinajstić information content (AvgIpc) is 3.38. The number of carbonyl (C=O) groups excluding carboxylic acids is 3. The number of esters is 3. The van der Waals surface area contributed by atoms with Crippen LogP contribution in [0.3, 0.4) is 0 Å². The van der Waals surface area contributed by atoms with E-state index in [-0.39, 0.29) is 37.5 Å². The van der Waals surface area contributed by atoms with Gasteiger partial charge in [-0.1, -0.05) is 237 Å². The van der Waals surface area contributed by atoms with Gasteiger partial charge in [0.15, 0.2) is 6.10 Å². The lowest BCUT2D eigenvalue weighted by atomic mass is 10.1. The Morgan fingerprint density at radius 3 is 0.875 bits per heavy atom. The SMILES string of the molecule is CC/C=C\C/C=C\C/C=C\C/C=C\C/C=C\C/C=C\CCCCCCC(=O)OCC(COC(=O)CCCCCCCCCCCC)OC(=O)CCCC/C=C\C/C=C\C/C=C\C/C=C\C/C=C\C/C=C\CC. The highest BCUT2D eigenvalue weighted by Crippen LogP contribution is 2.13. The predicted octanol–water partition coefficient (Wildman–Crippen LogP) is 19.6. The number of allylic oxidation sites excluding steroid dienone is 24. The molecule has 0 aliphatic heterocycles. The quantitative estimate of drug-likeness (QED) is 0.0261. The zero-order valence-electron chi connectivity index (χ0n) is 46.1. The number of rotatable bonds is 50. The molecule has 6 nitrogen and oxygen atoms in total. The number of hydrogen-bond acceptors (Lipinski definition) is 6. The molecular weight excluding hydrogens is 889 g/mol. The molecule has 6 heteroatoms. The lowest BCUT2D eigenvalue weighted by molar-refractivity contribution is -0.167. The van der Waals surface area contributed by atoms with Crippen molar-refractivity contribution in [3.63, 3.8) is 0 Å². The van der Waals surface area contributed by atoms with Crippen LogP contribution in [0, 0.1) is 0 Å². The predicted molar refractivity (Wildman–Crippen MR) is 311 cm³/mol. The third-order valence-electron chi connectivity index (χ3n) is 11.6. The Morgan fingerprint density at radius 1 is 0.292 bits per heavy atom. The molecule has 404 valence electrons. The van der Waals surface area contributed by atoms with Gasteiger partial charge in [-0.25, -0.2) is 0 Å². The highest BCUT2D eigenvalue weighted by Gasteiger charge is 2.19. The van der Waals surface area contributed by atoms with Crippen molar-refractivity contribution >= 4 is 17.9 Å². The summed E-state index contributed by atoms with van der Waals surface area (Å²) in [4.78, 5) is 38.1. The molecule has 0 aliphatic carbocycles. The van der Waals surface area contributed by atoms with Crippen LogP contribution < -0.4 is 0 Å². The highest BCUT2D eigenvalue weighted by atomic mass is 16.6. The standard InChI is InChI=1S/C66H104O6/c1-4-7-10-13-16-19-22-24-26-28-30-32-33-35-36-38-40-42-44-47-50-53-56-59-65(68)71-62-63(61-70-64(67)58-55-52-49-46-21-18-15-12-9-6-3)72-66(69)60-57-54-51-48-45-43-41-39-37-34-31-29-27-25-23-20-17-14-11-8-5-2/h7-8,10-11,16-17,19-20,24-27,30-32,34-36,39-42,45,48,63H,4-6,9,12-15,18,21-23,28-29,33,37-38,43-44,46-47,49-62H2,1-3H3/b10-7-,11-8-,19-16-,20-17-,26-24-,27-25-,32-30-,34-31-,36-35-,41-39-,42-40-,48-45-. The smallest absolute Gasteiger partial charge is 0.306 e. The van der Waals surface area contributed by atoms with Crippen molar-refractivity contribution in [2.24, 2.45) is 0 Å². The molecule has 0 amide bonds. The largest absolute Gasteiger partial charge is 0.462 e. The van der Waals surface area contributed by atoms with Gasteiger partial charge in [-0.3, -0.25) is 14.4 Å². The van der Waals surface area contributed by atoms with Crippen molar-refractivity contribution in [3.8, 4) is 0 Å². The molecule has 0 aliphatic rings. The van der Waals surface area contributed by atoms with E-state index in [0.717, 1.165) is 141 Å². The van der Waals surface area contributed by atoms with E-state index < -0.39 is 6.10 Å². The average molecular weight is 994 g/mol. The van der Waals surface area contributed by atoms with Crippen LogP contribution in [-0.4, -0.2) is 37.2 Å². The summed E-state index contributed by atoms with van der Waals surface area (Å²) in [6, 6.07) is 0.